The molecule has 0 saturated heterocycles. The number of amides is 3. The van der Waals surface area contributed by atoms with Gasteiger partial charge in [-0.05, 0) is 24.6 Å². The Hall–Kier alpha value is -2.13. The minimum atomic E-state index is -3.26. The Morgan fingerprint density at radius 2 is 1.74 bits per heavy atom. The Labute approximate surface area is 136 Å². The molecule has 0 radical (unpaired) electrons. The van der Waals surface area contributed by atoms with Gasteiger partial charge in [-0.15, -0.1) is 0 Å². The van der Waals surface area contributed by atoms with E-state index in [4.69, 9.17) is 0 Å². The molecule has 0 bridgehead atoms. The second kappa shape index (κ2) is 9.11. The van der Waals surface area contributed by atoms with Crippen LogP contribution < -0.4 is 20.7 Å². The highest BCUT2D eigenvalue weighted by molar-refractivity contribution is 7.88. The van der Waals surface area contributed by atoms with Crippen molar-refractivity contribution in [2.24, 2.45) is 0 Å². The molecule has 0 aromatic heterocycles. The molecule has 1 rings (SSSR count). The largest absolute Gasteiger partial charge is 0.337 e. The molecule has 0 aliphatic rings. The van der Waals surface area contributed by atoms with Crippen molar-refractivity contribution in [1.29, 1.82) is 0 Å². The molecular formula is C14H22N4O4S. The summed E-state index contributed by atoms with van der Waals surface area (Å²) in [5, 5.41) is 7.86. The number of hydrogen-bond donors (Lipinski definition) is 4. The van der Waals surface area contributed by atoms with Crippen LogP contribution in [0.5, 0.6) is 0 Å². The van der Waals surface area contributed by atoms with Gasteiger partial charge in [-0.3, -0.25) is 4.79 Å². The van der Waals surface area contributed by atoms with Crippen molar-refractivity contribution < 1.29 is 18.0 Å². The smallest absolute Gasteiger partial charge is 0.319 e. The molecule has 0 fully saturated rings. The second-order valence-electron chi connectivity index (χ2n) is 4.93. The van der Waals surface area contributed by atoms with E-state index in [2.05, 4.69) is 20.7 Å². The summed E-state index contributed by atoms with van der Waals surface area (Å²) in [6.07, 6.45) is 2.24. The van der Waals surface area contributed by atoms with Crippen LogP contribution in [-0.2, 0) is 14.8 Å². The summed E-state index contributed by atoms with van der Waals surface area (Å²) in [5.41, 5.74) is 1.12. The standard InChI is InChI=1S/C14H22N4O4S/c1-3-5-13(19)17-11-6-4-7-12(10-11)18-14(20)15-8-9-16-23(2,21)22/h4,6-7,10,16H,3,5,8-9H2,1-2H3,(H,17,19)(H2,15,18,20). The maximum atomic E-state index is 11.7. The third-order valence-electron chi connectivity index (χ3n) is 2.66. The maximum Gasteiger partial charge on any atom is 0.319 e. The highest BCUT2D eigenvalue weighted by atomic mass is 32.2. The lowest BCUT2D eigenvalue weighted by Gasteiger charge is -2.10. The lowest BCUT2D eigenvalue weighted by molar-refractivity contribution is -0.116. The van der Waals surface area contributed by atoms with Gasteiger partial charge in [-0.2, -0.15) is 0 Å². The molecule has 3 amide bonds. The number of sulfonamides is 1. The van der Waals surface area contributed by atoms with Crippen LogP contribution in [0, 0.1) is 0 Å². The van der Waals surface area contributed by atoms with E-state index in [1.807, 2.05) is 6.92 Å². The summed E-state index contributed by atoms with van der Waals surface area (Å²) in [7, 11) is -3.26. The van der Waals surface area contributed by atoms with Gasteiger partial charge in [-0.25, -0.2) is 17.9 Å². The van der Waals surface area contributed by atoms with Gasteiger partial charge in [0.25, 0.3) is 0 Å². The number of anilines is 2. The van der Waals surface area contributed by atoms with Crippen molar-refractivity contribution in [3.05, 3.63) is 24.3 Å². The van der Waals surface area contributed by atoms with E-state index in [0.717, 1.165) is 12.7 Å². The van der Waals surface area contributed by atoms with Crippen molar-refractivity contribution in [3.63, 3.8) is 0 Å². The lowest BCUT2D eigenvalue weighted by Crippen LogP contribution is -2.36. The molecule has 1 aromatic rings. The van der Waals surface area contributed by atoms with Crippen molar-refractivity contribution in [2.45, 2.75) is 19.8 Å². The van der Waals surface area contributed by atoms with Gasteiger partial charge in [0.15, 0.2) is 0 Å². The number of hydrogen-bond acceptors (Lipinski definition) is 4. The summed E-state index contributed by atoms with van der Waals surface area (Å²) < 4.78 is 24.0. The van der Waals surface area contributed by atoms with Gasteiger partial charge in [0.05, 0.1) is 6.26 Å². The van der Waals surface area contributed by atoms with Crippen LogP contribution in [0.2, 0.25) is 0 Å². The first kappa shape index (κ1) is 18.9. The number of carbonyl (C=O) groups excluding carboxylic acids is 2. The Balaban J connectivity index is 2.44. The summed E-state index contributed by atoms with van der Waals surface area (Å²) in [4.78, 5) is 23.2. The van der Waals surface area contributed by atoms with Crippen LogP contribution in [-0.4, -0.2) is 39.7 Å². The van der Waals surface area contributed by atoms with Crippen molar-refractivity contribution in [3.8, 4) is 0 Å². The van der Waals surface area contributed by atoms with Crippen LogP contribution in [0.4, 0.5) is 16.2 Å². The average Bonchev–Trinajstić information content (AvgIpc) is 2.43. The molecule has 0 unspecified atom stereocenters. The maximum absolute atomic E-state index is 11.7. The van der Waals surface area contributed by atoms with Crippen LogP contribution in [0.15, 0.2) is 24.3 Å². The van der Waals surface area contributed by atoms with Crippen LogP contribution in [0.25, 0.3) is 0 Å². The zero-order chi connectivity index (χ0) is 17.3. The lowest BCUT2D eigenvalue weighted by atomic mass is 10.2. The molecule has 1 aromatic carbocycles. The molecular weight excluding hydrogens is 320 g/mol. The van der Waals surface area contributed by atoms with Crippen LogP contribution in [0.3, 0.4) is 0 Å². The molecule has 0 heterocycles. The zero-order valence-electron chi connectivity index (χ0n) is 13.2. The van der Waals surface area contributed by atoms with Crippen LogP contribution >= 0.6 is 0 Å². The molecule has 128 valence electrons. The van der Waals surface area contributed by atoms with E-state index in [1.54, 1.807) is 24.3 Å². The summed E-state index contributed by atoms with van der Waals surface area (Å²) in [5.74, 6) is -0.0825. The molecule has 23 heavy (non-hydrogen) atoms. The molecule has 9 heteroatoms. The molecule has 0 aliphatic carbocycles. The molecule has 0 saturated carbocycles. The predicted molar refractivity (Wildman–Crippen MR) is 89.8 cm³/mol. The molecule has 0 spiro atoms. The zero-order valence-corrected chi connectivity index (χ0v) is 14.0. The molecule has 8 nitrogen and oxygen atoms in total. The topological polar surface area (TPSA) is 116 Å². The number of urea groups is 1. The molecule has 0 aliphatic heterocycles. The fraction of sp³-hybridized carbons (Fsp3) is 0.429. The SMILES string of the molecule is CCCC(=O)Nc1cccc(NC(=O)NCCNS(C)(=O)=O)c1. The van der Waals surface area contributed by atoms with Gasteiger partial charge >= 0.3 is 6.03 Å². The van der Waals surface area contributed by atoms with E-state index >= 15 is 0 Å². The minimum Gasteiger partial charge on any atom is -0.337 e. The Kier molecular flexibility index (Phi) is 7.49. The summed E-state index contributed by atoms with van der Waals surface area (Å²) in [6, 6.07) is 6.30. The van der Waals surface area contributed by atoms with E-state index in [1.165, 1.54) is 0 Å². The highest BCUT2D eigenvalue weighted by Gasteiger charge is 2.05. The van der Waals surface area contributed by atoms with Gasteiger partial charge in [0, 0.05) is 30.9 Å². The number of carbonyl (C=O) groups is 2. The number of benzene rings is 1. The van der Waals surface area contributed by atoms with Crippen molar-refractivity contribution >= 4 is 33.3 Å². The second-order valence-corrected chi connectivity index (χ2v) is 6.76. The van der Waals surface area contributed by atoms with E-state index in [-0.39, 0.29) is 19.0 Å². The third-order valence-corrected chi connectivity index (χ3v) is 3.38. The van der Waals surface area contributed by atoms with E-state index < -0.39 is 16.1 Å². The first-order valence-electron chi connectivity index (χ1n) is 7.19. The molecule has 4 N–H and O–H groups in total. The van der Waals surface area contributed by atoms with Gasteiger partial charge in [0.2, 0.25) is 15.9 Å². The Morgan fingerprint density at radius 3 is 2.35 bits per heavy atom. The first-order chi connectivity index (χ1) is 10.8. The normalized spacial score (nSPS) is 10.9. The van der Waals surface area contributed by atoms with Gasteiger partial charge in [0.1, 0.15) is 0 Å². The van der Waals surface area contributed by atoms with Crippen molar-refractivity contribution in [1.82, 2.24) is 10.0 Å². The third kappa shape index (κ3) is 8.79. The van der Waals surface area contributed by atoms with Crippen molar-refractivity contribution in [2.75, 3.05) is 30.0 Å². The Morgan fingerprint density at radius 1 is 1.09 bits per heavy atom. The summed E-state index contributed by atoms with van der Waals surface area (Å²) >= 11 is 0. The average molecular weight is 342 g/mol. The summed E-state index contributed by atoms with van der Waals surface area (Å²) in [6.45, 7) is 2.19. The number of nitrogens with one attached hydrogen (secondary N) is 4. The quantitative estimate of drug-likeness (QED) is 0.529. The van der Waals surface area contributed by atoms with Gasteiger partial charge < -0.3 is 16.0 Å². The van der Waals surface area contributed by atoms with E-state index in [9.17, 15) is 18.0 Å². The monoisotopic (exact) mass is 342 g/mol. The molecule has 0 atom stereocenters. The predicted octanol–water partition coefficient (Wildman–Crippen LogP) is 1.10. The fourth-order valence-electron chi connectivity index (χ4n) is 1.71. The first-order valence-corrected chi connectivity index (χ1v) is 9.08. The van der Waals surface area contributed by atoms with Gasteiger partial charge in [-0.1, -0.05) is 13.0 Å². The Bertz CT molecular complexity index is 646. The number of rotatable bonds is 8. The van der Waals surface area contributed by atoms with Crippen LogP contribution in [0.1, 0.15) is 19.8 Å². The minimum absolute atomic E-state index is 0.0825. The highest BCUT2D eigenvalue weighted by Crippen LogP contribution is 2.15. The van der Waals surface area contributed by atoms with E-state index in [0.29, 0.717) is 17.8 Å². The fourth-order valence-corrected chi connectivity index (χ4v) is 2.19.